The minimum absolute atomic E-state index is 0.284. The van der Waals surface area contributed by atoms with Crippen LogP contribution in [-0.4, -0.2) is 43.2 Å². The molecule has 1 aliphatic rings. The highest BCUT2D eigenvalue weighted by atomic mass is 16.5. The van der Waals surface area contributed by atoms with Gasteiger partial charge in [0.05, 0.1) is 6.61 Å². The number of carbonyl (C=O) groups is 1. The van der Waals surface area contributed by atoms with Crippen LogP contribution in [0.25, 0.3) is 0 Å². The van der Waals surface area contributed by atoms with Crippen molar-refractivity contribution in [1.29, 1.82) is 0 Å². The van der Waals surface area contributed by atoms with Gasteiger partial charge < -0.3 is 15.4 Å². The van der Waals surface area contributed by atoms with Gasteiger partial charge in [0, 0.05) is 19.6 Å². The van der Waals surface area contributed by atoms with Crippen molar-refractivity contribution >= 4 is 5.97 Å². The Kier molecular flexibility index (Phi) is 5.22. The van der Waals surface area contributed by atoms with E-state index in [4.69, 9.17) is 10.5 Å². The van der Waals surface area contributed by atoms with E-state index in [2.05, 4.69) is 18.7 Å². The van der Waals surface area contributed by atoms with E-state index in [-0.39, 0.29) is 5.97 Å². The van der Waals surface area contributed by atoms with Crippen LogP contribution in [0.1, 0.15) is 27.2 Å². The van der Waals surface area contributed by atoms with Crippen LogP contribution in [0.3, 0.4) is 0 Å². The third-order valence-corrected chi connectivity index (χ3v) is 2.99. The van der Waals surface area contributed by atoms with Crippen molar-refractivity contribution in [3.05, 3.63) is 0 Å². The Morgan fingerprint density at radius 2 is 2.00 bits per heavy atom. The fraction of sp³-hybridized carbons (Fsp3) is 0.917. The zero-order valence-electron chi connectivity index (χ0n) is 10.6. The molecule has 0 saturated carbocycles. The fourth-order valence-corrected chi connectivity index (χ4v) is 2.54. The Morgan fingerprint density at radius 1 is 1.44 bits per heavy atom. The van der Waals surface area contributed by atoms with E-state index in [1.165, 1.54) is 6.42 Å². The first kappa shape index (κ1) is 13.5. The van der Waals surface area contributed by atoms with Crippen molar-refractivity contribution in [1.82, 2.24) is 4.90 Å². The number of hydrogen-bond donors (Lipinski definition) is 1. The topological polar surface area (TPSA) is 55.6 Å². The molecule has 0 aromatic carbocycles. The van der Waals surface area contributed by atoms with Gasteiger partial charge in [-0.15, -0.1) is 0 Å². The summed E-state index contributed by atoms with van der Waals surface area (Å²) in [6.45, 7) is 9.40. The lowest BCUT2D eigenvalue weighted by Crippen LogP contribution is -2.48. The molecular formula is C12H24N2O2. The average Bonchev–Trinajstić information content (AvgIpc) is 2.16. The van der Waals surface area contributed by atoms with Gasteiger partial charge in [-0.1, -0.05) is 13.8 Å². The maximum atomic E-state index is 11.4. The first-order valence-corrected chi connectivity index (χ1v) is 6.17. The van der Waals surface area contributed by atoms with Gasteiger partial charge in [-0.2, -0.15) is 0 Å². The van der Waals surface area contributed by atoms with Gasteiger partial charge in [-0.05, 0) is 25.2 Å². The van der Waals surface area contributed by atoms with E-state index in [0.717, 1.165) is 13.1 Å². The van der Waals surface area contributed by atoms with Crippen LogP contribution in [0.5, 0.6) is 0 Å². The van der Waals surface area contributed by atoms with Crippen LogP contribution >= 0.6 is 0 Å². The number of ether oxygens (including phenoxy) is 1. The number of likely N-dealkylation sites (tertiary alicyclic amines) is 1. The molecule has 0 amide bonds. The van der Waals surface area contributed by atoms with Crippen molar-refractivity contribution in [3.63, 3.8) is 0 Å². The molecule has 2 N–H and O–H groups in total. The van der Waals surface area contributed by atoms with Gasteiger partial charge in [0.1, 0.15) is 6.04 Å². The first-order chi connectivity index (χ1) is 7.52. The molecular weight excluding hydrogens is 204 g/mol. The molecule has 0 aromatic rings. The summed E-state index contributed by atoms with van der Waals surface area (Å²) in [5, 5.41) is 0. The van der Waals surface area contributed by atoms with E-state index >= 15 is 0 Å². The monoisotopic (exact) mass is 228 g/mol. The number of nitrogens with two attached hydrogens (primary N) is 1. The van der Waals surface area contributed by atoms with E-state index < -0.39 is 6.04 Å². The second-order valence-electron chi connectivity index (χ2n) is 5.02. The largest absolute Gasteiger partial charge is 0.465 e. The van der Waals surface area contributed by atoms with Gasteiger partial charge in [-0.25, -0.2) is 0 Å². The second kappa shape index (κ2) is 6.21. The number of nitrogens with zero attached hydrogens (tertiary/aromatic N) is 1. The van der Waals surface area contributed by atoms with E-state index in [9.17, 15) is 4.79 Å². The van der Waals surface area contributed by atoms with Gasteiger partial charge in [0.15, 0.2) is 0 Å². The SMILES string of the molecule is CCOC(=O)C(N)CN1CC(C)CC(C)C1. The Balaban J connectivity index is 2.38. The molecule has 16 heavy (non-hydrogen) atoms. The molecule has 94 valence electrons. The summed E-state index contributed by atoms with van der Waals surface area (Å²) >= 11 is 0. The van der Waals surface area contributed by atoms with Gasteiger partial charge in [-0.3, -0.25) is 4.79 Å². The molecule has 1 aliphatic heterocycles. The van der Waals surface area contributed by atoms with Crippen molar-refractivity contribution in [2.24, 2.45) is 17.6 Å². The van der Waals surface area contributed by atoms with E-state index in [1.54, 1.807) is 6.92 Å². The molecule has 0 aromatic heterocycles. The summed E-state index contributed by atoms with van der Waals surface area (Å²) in [7, 11) is 0. The molecule has 1 saturated heterocycles. The maximum absolute atomic E-state index is 11.4. The first-order valence-electron chi connectivity index (χ1n) is 6.17. The summed E-state index contributed by atoms with van der Waals surface area (Å²) in [5.41, 5.74) is 5.81. The zero-order chi connectivity index (χ0) is 12.1. The summed E-state index contributed by atoms with van der Waals surface area (Å²) in [6, 6.07) is -0.502. The standard InChI is InChI=1S/C12H24N2O2/c1-4-16-12(15)11(13)8-14-6-9(2)5-10(3)7-14/h9-11H,4-8,13H2,1-3H3. The van der Waals surface area contributed by atoms with Crippen LogP contribution in [-0.2, 0) is 9.53 Å². The zero-order valence-corrected chi connectivity index (χ0v) is 10.6. The van der Waals surface area contributed by atoms with Gasteiger partial charge in [0.2, 0.25) is 0 Å². The molecule has 1 rings (SSSR count). The Hall–Kier alpha value is -0.610. The van der Waals surface area contributed by atoms with Crippen LogP contribution in [0.4, 0.5) is 0 Å². The second-order valence-corrected chi connectivity index (χ2v) is 5.02. The summed E-state index contributed by atoms with van der Waals surface area (Å²) in [6.07, 6.45) is 1.27. The van der Waals surface area contributed by atoms with Crippen molar-refractivity contribution in [2.75, 3.05) is 26.2 Å². The summed E-state index contributed by atoms with van der Waals surface area (Å²) in [4.78, 5) is 13.7. The number of hydrogen-bond acceptors (Lipinski definition) is 4. The highest BCUT2D eigenvalue weighted by Crippen LogP contribution is 2.20. The fourth-order valence-electron chi connectivity index (χ4n) is 2.54. The average molecular weight is 228 g/mol. The van der Waals surface area contributed by atoms with Gasteiger partial charge in [0.25, 0.3) is 0 Å². The Morgan fingerprint density at radius 3 is 2.50 bits per heavy atom. The molecule has 1 heterocycles. The highest BCUT2D eigenvalue weighted by Gasteiger charge is 2.25. The van der Waals surface area contributed by atoms with Crippen LogP contribution < -0.4 is 5.73 Å². The van der Waals surface area contributed by atoms with E-state index in [1.807, 2.05) is 0 Å². The minimum atomic E-state index is -0.502. The van der Waals surface area contributed by atoms with Gasteiger partial charge >= 0.3 is 5.97 Å². The predicted molar refractivity (Wildman–Crippen MR) is 64.0 cm³/mol. The molecule has 4 nitrogen and oxygen atoms in total. The lowest BCUT2D eigenvalue weighted by molar-refractivity contribution is -0.145. The quantitative estimate of drug-likeness (QED) is 0.725. The van der Waals surface area contributed by atoms with Crippen molar-refractivity contribution < 1.29 is 9.53 Å². The number of piperidine rings is 1. The predicted octanol–water partition coefficient (Wildman–Crippen LogP) is 0.855. The maximum Gasteiger partial charge on any atom is 0.324 e. The summed E-state index contributed by atoms with van der Waals surface area (Å²) in [5.74, 6) is 1.10. The molecule has 3 unspecified atom stereocenters. The van der Waals surface area contributed by atoms with Crippen LogP contribution in [0.15, 0.2) is 0 Å². The summed E-state index contributed by atoms with van der Waals surface area (Å²) < 4.78 is 4.91. The molecule has 4 heteroatoms. The van der Waals surface area contributed by atoms with Crippen molar-refractivity contribution in [2.45, 2.75) is 33.2 Å². The highest BCUT2D eigenvalue weighted by molar-refractivity contribution is 5.75. The lowest BCUT2D eigenvalue weighted by atomic mass is 9.92. The molecule has 0 aliphatic carbocycles. The van der Waals surface area contributed by atoms with Crippen molar-refractivity contribution in [3.8, 4) is 0 Å². The Labute approximate surface area is 98.1 Å². The van der Waals surface area contributed by atoms with Crippen LogP contribution in [0.2, 0.25) is 0 Å². The molecule has 0 spiro atoms. The number of esters is 1. The molecule has 1 fully saturated rings. The number of carbonyl (C=O) groups excluding carboxylic acids is 1. The number of rotatable bonds is 4. The van der Waals surface area contributed by atoms with E-state index in [0.29, 0.717) is 25.0 Å². The third kappa shape index (κ3) is 4.10. The molecule has 0 radical (unpaired) electrons. The van der Waals surface area contributed by atoms with Crippen LogP contribution in [0, 0.1) is 11.8 Å². The Bertz CT molecular complexity index is 223. The molecule has 3 atom stereocenters. The lowest BCUT2D eigenvalue weighted by Gasteiger charge is -2.35. The minimum Gasteiger partial charge on any atom is -0.465 e. The molecule has 0 bridgehead atoms. The normalized spacial score (nSPS) is 28.8. The third-order valence-electron chi connectivity index (χ3n) is 2.99. The smallest absolute Gasteiger partial charge is 0.324 e.